The summed E-state index contributed by atoms with van der Waals surface area (Å²) in [4.78, 5) is 4.22. The maximum Gasteiger partial charge on any atom is 0.0582 e. The standard InChI is InChI=1S/C10H16N2O/c1-8(7-13)12-9(2)10-5-3-4-6-11-10/h3-6,8-9,12-13H,7H2,1-2H3/t8-,9?/m0/s1. The van der Waals surface area contributed by atoms with Crippen molar-refractivity contribution in [3.8, 4) is 0 Å². The Balaban J connectivity index is 2.53. The molecule has 72 valence electrons. The van der Waals surface area contributed by atoms with Crippen LogP contribution in [0.5, 0.6) is 0 Å². The minimum atomic E-state index is 0.108. The Labute approximate surface area is 78.8 Å². The molecule has 13 heavy (non-hydrogen) atoms. The average molecular weight is 180 g/mol. The fraction of sp³-hybridized carbons (Fsp3) is 0.500. The summed E-state index contributed by atoms with van der Waals surface area (Å²) in [5.74, 6) is 0. The molecule has 0 aliphatic rings. The van der Waals surface area contributed by atoms with Crippen LogP contribution in [0.15, 0.2) is 24.4 Å². The monoisotopic (exact) mass is 180 g/mol. The van der Waals surface area contributed by atoms with Gasteiger partial charge in [-0.3, -0.25) is 4.98 Å². The van der Waals surface area contributed by atoms with Crippen molar-refractivity contribution in [2.24, 2.45) is 0 Å². The van der Waals surface area contributed by atoms with Gasteiger partial charge in [0.05, 0.1) is 12.3 Å². The van der Waals surface area contributed by atoms with Gasteiger partial charge in [0.2, 0.25) is 0 Å². The highest BCUT2D eigenvalue weighted by Gasteiger charge is 2.08. The molecule has 0 fully saturated rings. The van der Waals surface area contributed by atoms with Crippen LogP contribution >= 0.6 is 0 Å². The van der Waals surface area contributed by atoms with Crippen LogP contribution in [0.25, 0.3) is 0 Å². The predicted molar refractivity (Wildman–Crippen MR) is 52.3 cm³/mol. The third-order valence-electron chi connectivity index (χ3n) is 1.94. The highest BCUT2D eigenvalue weighted by Crippen LogP contribution is 2.08. The molecule has 2 atom stereocenters. The molecule has 0 aliphatic heterocycles. The lowest BCUT2D eigenvalue weighted by Gasteiger charge is -2.17. The molecule has 3 nitrogen and oxygen atoms in total. The van der Waals surface area contributed by atoms with E-state index >= 15 is 0 Å². The third-order valence-corrected chi connectivity index (χ3v) is 1.94. The summed E-state index contributed by atoms with van der Waals surface area (Å²) in [6, 6.07) is 6.12. The number of pyridine rings is 1. The number of nitrogens with one attached hydrogen (secondary N) is 1. The number of aliphatic hydroxyl groups excluding tert-OH is 1. The number of hydrogen-bond donors (Lipinski definition) is 2. The Morgan fingerprint density at radius 3 is 2.77 bits per heavy atom. The van der Waals surface area contributed by atoms with E-state index in [1.54, 1.807) is 6.20 Å². The molecular formula is C10H16N2O. The molecule has 0 radical (unpaired) electrons. The fourth-order valence-corrected chi connectivity index (χ4v) is 1.20. The van der Waals surface area contributed by atoms with Crippen molar-refractivity contribution in [3.63, 3.8) is 0 Å². The van der Waals surface area contributed by atoms with Gasteiger partial charge in [0.1, 0.15) is 0 Å². The van der Waals surface area contributed by atoms with E-state index in [2.05, 4.69) is 10.3 Å². The fourth-order valence-electron chi connectivity index (χ4n) is 1.20. The van der Waals surface area contributed by atoms with Gasteiger partial charge >= 0.3 is 0 Å². The molecule has 0 aromatic carbocycles. The van der Waals surface area contributed by atoms with E-state index in [1.165, 1.54) is 0 Å². The first kappa shape index (κ1) is 10.2. The van der Waals surface area contributed by atoms with Gasteiger partial charge < -0.3 is 10.4 Å². The van der Waals surface area contributed by atoms with Gasteiger partial charge in [-0.25, -0.2) is 0 Å². The van der Waals surface area contributed by atoms with E-state index < -0.39 is 0 Å². The van der Waals surface area contributed by atoms with Crippen molar-refractivity contribution < 1.29 is 5.11 Å². The van der Waals surface area contributed by atoms with Crippen molar-refractivity contribution in [1.29, 1.82) is 0 Å². The predicted octanol–water partition coefficient (Wildman–Crippen LogP) is 1.11. The van der Waals surface area contributed by atoms with Crippen molar-refractivity contribution in [1.82, 2.24) is 10.3 Å². The summed E-state index contributed by atoms with van der Waals surface area (Å²) in [7, 11) is 0. The maximum atomic E-state index is 8.85. The lowest BCUT2D eigenvalue weighted by atomic mass is 10.2. The first-order valence-corrected chi connectivity index (χ1v) is 4.52. The minimum Gasteiger partial charge on any atom is -0.395 e. The van der Waals surface area contributed by atoms with Gasteiger partial charge in [-0.1, -0.05) is 6.07 Å². The molecule has 0 spiro atoms. The molecule has 1 unspecified atom stereocenters. The van der Waals surface area contributed by atoms with E-state index in [4.69, 9.17) is 5.11 Å². The van der Waals surface area contributed by atoms with Crippen molar-refractivity contribution in [2.75, 3.05) is 6.61 Å². The number of aromatic nitrogens is 1. The first-order chi connectivity index (χ1) is 6.24. The minimum absolute atomic E-state index is 0.108. The SMILES string of the molecule is CC(N[C@@H](C)CO)c1ccccn1. The van der Waals surface area contributed by atoms with Crippen LogP contribution in [0.1, 0.15) is 25.6 Å². The van der Waals surface area contributed by atoms with Crippen molar-refractivity contribution in [3.05, 3.63) is 30.1 Å². The number of nitrogens with zero attached hydrogens (tertiary/aromatic N) is 1. The molecule has 1 aromatic heterocycles. The van der Waals surface area contributed by atoms with Crippen LogP contribution in [0.2, 0.25) is 0 Å². The highest BCUT2D eigenvalue weighted by atomic mass is 16.3. The highest BCUT2D eigenvalue weighted by molar-refractivity contribution is 5.07. The number of aliphatic hydroxyl groups is 1. The van der Waals surface area contributed by atoms with Crippen molar-refractivity contribution >= 4 is 0 Å². The molecule has 3 heteroatoms. The zero-order chi connectivity index (χ0) is 9.68. The average Bonchev–Trinajstić information content (AvgIpc) is 2.19. The lowest BCUT2D eigenvalue weighted by Crippen LogP contribution is -2.32. The molecular weight excluding hydrogens is 164 g/mol. The van der Waals surface area contributed by atoms with Crippen LogP contribution in [0.4, 0.5) is 0 Å². The van der Waals surface area contributed by atoms with E-state index in [1.807, 2.05) is 32.0 Å². The molecule has 0 saturated carbocycles. The van der Waals surface area contributed by atoms with Crippen molar-refractivity contribution in [2.45, 2.75) is 25.9 Å². The summed E-state index contributed by atoms with van der Waals surface area (Å²) in [6.45, 7) is 4.13. The smallest absolute Gasteiger partial charge is 0.0582 e. The van der Waals surface area contributed by atoms with E-state index in [-0.39, 0.29) is 18.7 Å². The largest absolute Gasteiger partial charge is 0.395 e. The van der Waals surface area contributed by atoms with Gasteiger partial charge in [0.25, 0.3) is 0 Å². The summed E-state index contributed by atoms with van der Waals surface area (Å²) >= 11 is 0. The van der Waals surface area contributed by atoms with Crippen LogP contribution in [-0.4, -0.2) is 22.7 Å². The number of rotatable bonds is 4. The summed E-state index contributed by atoms with van der Waals surface area (Å²) in [5.41, 5.74) is 1.00. The molecule has 0 amide bonds. The summed E-state index contributed by atoms with van der Waals surface area (Å²) in [5, 5.41) is 12.1. The number of hydrogen-bond acceptors (Lipinski definition) is 3. The van der Waals surface area contributed by atoms with E-state index in [9.17, 15) is 0 Å². The van der Waals surface area contributed by atoms with Gasteiger partial charge in [0.15, 0.2) is 0 Å². The van der Waals surface area contributed by atoms with Gasteiger partial charge in [-0.05, 0) is 26.0 Å². The molecule has 0 aliphatic carbocycles. The molecule has 1 rings (SSSR count). The maximum absolute atomic E-state index is 8.85. The summed E-state index contributed by atoms with van der Waals surface area (Å²) < 4.78 is 0. The second-order valence-electron chi connectivity index (χ2n) is 3.23. The Hall–Kier alpha value is -0.930. The Morgan fingerprint density at radius 1 is 1.46 bits per heavy atom. The Kier molecular flexibility index (Phi) is 3.86. The molecule has 1 heterocycles. The van der Waals surface area contributed by atoms with Crippen LogP contribution in [0.3, 0.4) is 0 Å². The molecule has 0 saturated heterocycles. The molecule has 0 bridgehead atoms. The zero-order valence-corrected chi connectivity index (χ0v) is 8.07. The second kappa shape index (κ2) is 4.94. The Morgan fingerprint density at radius 2 is 2.23 bits per heavy atom. The van der Waals surface area contributed by atoms with E-state index in [0.717, 1.165) is 5.69 Å². The van der Waals surface area contributed by atoms with Crippen LogP contribution in [-0.2, 0) is 0 Å². The van der Waals surface area contributed by atoms with Gasteiger partial charge in [-0.15, -0.1) is 0 Å². The topological polar surface area (TPSA) is 45.1 Å². The Bertz CT molecular complexity index is 238. The van der Waals surface area contributed by atoms with Crippen LogP contribution < -0.4 is 5.32 Å². The van der Waals surface area contributed by atoms with E-state index in [0.29, 0.717) is 0 Å². The molecule has 1 aromatic rings. The third kappa shape index (κ3) is 3.13. The summed E-state index contributed by atoms with van der Waals surface area (Å²) in [6.07, 6.45) is 1.77. The normalized spacial score (nSPS) is 15.3. The zero-order valence-electron chi connectivity index (χ0n) is 8.07. The molecule has 2 N–H and O–H groups in total. The van der Waals surface area contributed by atoms with Gasteiger partial charge in [-0.2, -0.15) is 0 Å². The lowest BCUT2D eigenvalue weighted by molar-refractivity contribution is 0.242. The van der Waals surface area contributed by atoms with Gasteiger partial charge in [0, 0.05) is 18.3 Å². The quantitative estimate of drug-likeness (QED) is 0.729. The second-order valence-corrected chi connectivity index (χ2v) is 3.23. The first-order valence-electron chi connectivity index (χ1n) is 4.52. The van der Waals surface area contributed by atoms with Crippen LogP contribution in [0, 0.1) is 0 Å².